The van der Waals surface area contributed by atoms with Crippen LogP contribution in [0, 0.1) is 5.41 Å². The molecular weight excluding hydrogens is 360 g/mol. The van der Waals surface area contributed by atoms with Gasteiger partial charge < -0.3 is 20.1 Å². The van der Waals surface area contributed by atoms with Gasteiger partial charge in [-0.2, -0.15) is 0 Å². The van der Waals surface area contributed by atoms with E-state index in [-0.39, 0.29) is 11.8 Å². The molecule has 0 unspecified atom stereocenters. The van der Waals surface area contributed by atoms with Crippen LogP contribution in [0.4, 0.5) is 11.4 Å². The van der Waals surface area contributed by atoms with Crippen LogP contribution in [0.5, 0.6) is 5.75 Å². The Morgan fingerprint density at radius 3 is 2.21 bits per heavy atom. The second kappa shape index (κ2) is 8.12. The third-order valence-corrected chi connectivity index (χ3v) is 4.63. The van der Waals surface area contributed by atoms with Gasteiger partial charge in [-0.25, -0.2) is 4.79 Å². The molecule has 0 spiro atoms. The van der Waals surface area contributed by atoms with Gasteiger partial charge in [0.1, 0.15) is 11.2 Å². The number of anilines is 2. The van der Waals surface area contributed by atoms with Gasteiger partial charge in [0.15, 0.2) is 0 Å². The lowest BCUT2D eigenvalue weighted by molar-refractivity contribution is -0.131. The van der Waals surface area contributed by atoms with E-state index in [4.69, 9.17) is 9.47 Å². The second-order valence-corrected chi connectivity index (χ2v) is 6.49. The fourth-order valence-electron chi connectivity index (χ4n) is 2.83. The van der Waals surface area contributed by atoms with Crippen molar-refractivity contribution in [2.45, 2.75) is 19.8 Å². The SMILES string of the molecule is CCOC(=O)c1ccc(NC(=O)C2(C(=O)Nc3ccccc3OC)CC2)cc1. The molecule has 0 saturated heterocycles. The van der Waals surface area contributed by atoms with Crippen LogP contribution in [0.15, 0.2) is 48.5 Å². The zero-order valence-corrected chi connectivity index (χ0v) is 15.8. The van der Waals surface area contributed by atoms with Gasteiger partial charge in [0.2, 0.25) is 11.8 Å². The van der Waals surface area contributed by atoms with E-state index in [1.54, 1.807) is 55.5 Å². The van der Waals surface area contributed by atoms with Crippen LogP contribution >= 0.6 is 0 Å². The Labute approximate surface area is 163 Å². The van der Waals surface area contributed by atoms with Gasteiger partial charge in [0.05, 0.1) is 25.0 Å². The molecule has 0 aliphatic heterocycles. The standard InChI is InChI=1S/C21H22N2O5/c1-3-28-18(24)14-8-10-15(11-9-14)22-19(25)21(12-13-21)20(26)23-16-6-4-5-7-17(16)27-2/h4-11H,3,12-13H2,1-2H3,(H,22,25)(H,23,26). The first-order chi connectivity index (χ1) is 13.5. The molecule has 2 aromatic rings. The molecule has 28 heavy (non-hydrogen) atoms. The minimum atomic E-state index is -1.10. The first-order valence-corrected chi connectivity index (χ1v) is 9.03. The lowest BCUT2D eigenvalue weighted by Crippen LogP contribution is -2.35. The molecule has 0 bridgehead atoms. The Morgan fingerprint density at radius 1 is 0.964 bits per heavy atom. The predicted octanol–water partition coefficient (Wildman–Crippen LogP) is 3.23. The highest BCUT2D eigenvalue weighted by molar-refractivity contribution is 6.17. The first-order valence-electron chi connectivity index (χ1n) is 9.03. The van der Waals surface area contributed by atoms with E-state index in [1.807, 2.05) is 0 Å². The molecule has 7 nitrogen and oxygen atoms in total. The van der Waals surface area contributed by atoms with Gasteiger partial charge in [-0.3, -0.25) is 9.59 Å². The molecule has 1 fully saturated rings. The van der Waals surface area contributed by atoms with Crippen LogP contribution in [0.2, 0.25) is 0 Å². The Balaban J connectivity index is 1.66. The number of carbonyl (C=O) groups is 3. The Morgan fingerprint density at radius 2 is 1.61 bits per heavy atom. The molecule has 1 aliphatic carbocycles. The summed E-state index contributed by atoms with van der Waals surface area (Å²) < 4.78 is 10.2. The number of rotatable bonds is 7. The van der Waals surface area contributed by atoms with Gasteiger partial charge in [0.25, 0.3) is 0 Å². The molecule has 146 valence electrons. The predicted molar refractivity (Wildman–Crippen MR) is 104 cm³/mol. The molecule has 2 N–H and O–H groups in total. The zero-order valence-electron chi connectivity index (χ0n) is 15.8. The van der Waals surface area contributed by atoms with Crippen molar-refractivity contribution in [1.82, 2.24) is 0 Å². The fraction of sp³-hybridized carbons (Fsp3) is 0.286. The molecule has 3 rings (SSSR count). The molecule has 0 aromatic heterocycles. The zero-order chi connectivity index (χ0) is 20.1. The van der Waals surface area contributed by atoms with Gasteiger partial charge in [0, 0.05) is 5.69 Å². The van der Waals surface area contributed by atoms with Crippen LogP contribution in [-0.4, -0.2) is 31.5 Å². The average Bonchev–Trinajstić information content (AvgIpc) is 3.51. The minimum Gasteiger partial charge on any atom is -0.495 e. The topological polar surface area (TPSA) is 93.7 Å². The maximum Gasteiger partial charge on any atom is 0.338 e. The number of nitrogens with one attached hydrogen (secondary N) is 2. The summed E-state index contributed by atoms with van der Waals surface area (Å²) in [4.78, 5) is 37.1. The molecule has 2 aromatic carbocycles. The number of para-hydroxylation sites is 2. The number of ether oxygens (including phenoxy) is 2. The van der Waals surface area contributed by atoms with Crippen LogP contribution in [-0.2, 0) is 14.3 Å². The van der Waals surface area contributed by atoms with Crippen molar-refractivity contribution < 1.29 is 23.9 Å². The lowest BCUT2D eigenvalue weighted by Gasteiger charge is -2.17. The molecule has 1 saturated carbocycles. The highest BCUT2D eigenvalue weighted by Crippen LogP contribution is 2.48. The highest BCUT2D eigenvalue weighted by Gasteiger charge is 2.56. The van der Waals surface area contributed by atoms with Crippen molar-refractivity contribution in [1.29, 1.82) is 0 Å². The number of hydrogen-bond acceptors (Lipinski definition) is 5. The summed E-state index contributed by atoms with van der Waals surface area (Å²) in [6.45, 7) is 2.03. The van der Waals surface area contributed by atoms with Gasteiger partial charge in [-0.1, -0.05) is 12.1 Å². The van der Waals surface area contributed by atoms with Gasteiger partial charge in [-0.15, -0.1) is 0 Å². The van der Waals surface area contributed by atoms with Crippen molar-refractivity contribution in [2.75, 3.05) is 24.4 Å². The number of methoxy groups -OCH3 is 1. The minimum absolute atomic E-state index is 0.293. The molecule has 0 radical (unpaired) electrons. The molecule has 7 heteroatoms. The van der Waals surface area contributed by atoms with E-state index in [1.165, 1.54) is 7.11 Å². The van der Waals surface area contributed by atoms with Crippen molar-refractivity contribution in [3.05, 3.63) is 54.1 Å². The third kappa shape index (κ3) is 3.98. The number of amides is 2. The van der Waals surface area contributed by atoms with E-state index in [0.29, 0.717) is 42.1 Å². The van der Waals surface area contributed by atoms with Gasteiger partial charge >= 0.3 is 5.97 Å². The van der Waals surface area contributed by atoms with Crippen LogP contribution in [0.1, 0.15) is 30.1 Å². The average molecular weight is 382 g/mol. The second-order valence-electron chi connectivity index (χ2n) is 6.49. The third-order valence-electron chi connectivity index (χ3n) is 4.63. The highest BCUT2D eigenvalue weighted by atomic mass is 16.5. The van der Waals surface area contributed by atoms with E-state index in [2.05, 4.69) is 10.6 Å². The summed E-state index contributed by atoms with van der Waals surface area (Å²) >= 11 is 0. The summed E-state index contributed by atoms with van der Waals surface area (Å²) in [6, 6.07) is 13.4. The Hall–Kier alpha value is -3.35. The summed E-state index contributed by atoms with van der Waals surface area (Å²) in [7, 11) is 1.52. The number of carbonyl (C=O) groups excluding carboxylic acids is 3. The summed E-state index contributed by atoms with van der Waals surface area (Å²) in [6.07, 6.45) is 0.946. The number of benzene rings is 2. The maximum absolute atomic E-state index is 12.7. The normalized spacial score (nSPS) is 13.9. The van der Waals surface area contributed by atoms with Gasteiger partial charge in [-0.05, 0) is 56.2 Å². The Kier molecular flexibility index (Phi) is 5.63. The van der Waals surface area contributed by atoms with Crippen molar-refractivity contribution in [3.8, 4) is 5.75 Å². The molecule has 0 atom stereocenters. The van der Waals surface area contributed by atoms with E-state index in [9.17, 15) is 14.4 Å². The molecule has 0 heterocycles. The molecule has 2 amide bonds. The first kappa shape index (κ1) is 19.4. The summed E-state index contributed by atoms with van der Waals surface area (Å²) in [5.41, 5.74) is 0.331. The maximum atomic E-state index is 12.7. The van der Waals surface area contributed by atoms with E-state index >= 15 is 0 Å². The number of hydrogen-bond donors (Lipinski definition) is 2. The van der Waals surface area contributed by atoms with Crippen LogP contribution < -0.4 is 15.4 Å². The quantitative estimate of drug-likeness (QED) is 0.566. The summed E-state index contributed by atoms with van der Waals surface area (Å²) in [5, 5.41) is 5.54. The monoisotopic (exact) mass is 382 g/mol. The van der Waals surface area contributed by atoms with Crippen molar-refractivity contribution in [3.63, 3.8) is 0 Å². The van der Waals surface area contributed by atoms with Crippen LogP contribution in [0.3, 0.4) is 0 Å². The van der Waals surface area contributed by atoms with E-state index in [0.717, 1.165) is 0 Å². The lowest BCUT2D eigenvalue weighted by atomic mass is 10.0. The molecule has 1 aliphatic rings. The molecular formula is C21H22N2O5. The Bertz CT molecular complexity index is 888. The fourth-order valence-corrected chi connectivity index (χ4v) is 2.83. The largest absolute Gasteiger partial charge is 0.495 e. The summed E-state index contributed by atoms with van der Waals surface area (Å²) in [5.74, 6) is -0.627. The van der Waals surface area contributed by atoms with Crippen molar-refractivity contribution >= 4 is 29.2 Å². The van der Waals surface area contributed by atoms with Crippen LogP contribution in [0.25, 0.3) is 0 Å². The van der Waals surface area contributed by atoms with E-state index < -0.39 is 11.4 Å². The van der Waals surface area contributed by atoms with Crippen molar-refractivity contribution in [2.24, 2.45) is 5.41 Å². The smallest absolute Gasteiger partial charge is 0.338 e. The number of esters is 1.